The van der Waals surface area contributed by atoms with E-state index in [1.54, 1.807) is 6.08 Å². The van der Waals surface area contributed by atoms with Gasteiger partial charge in [0, 0.05) is 6.42 Å². The summed E-state index contributed by atoms with van der Waals surface area (Å²) in [5, 5.41) is 13.7. The molecular formula is C38H77N2O6P. The first-order valence-corrected chi connectivity index (χ1v) is 21.0. The fourth-order valence-electron chi connectivity index (χ4n) is 5.56. The zero-order valence-corrected chi connectivity index (χ0v) is 32.4. The van der Waals surface area contributed by atoms with Gasteiger partial charge < -0.3 is 28.8 Å². The molecule has 0 aliphatic rings. The highest BCUT2D eigenvalue weighted by molar-refractivity contribution is 7.45. The van der Waals surface area contributed by atoms with E-state index >= 15 is 0 Å². The number of carbonyl (C=O) groups excluding carboxylic acids is 1. The van der Waals surface area contributed by atoms with E-state index in [2.05, 4.69) is 19.2 Å². The third kappa shape index (κ3) is 33.5. The number of likely N-dealkylation sites (N-methyl/N-ethyl adjacent to an activating group) is 1. The van der Waals surface area contributed by atoms with Gasteiger partial charge in [-0.2, -0.15) is 0 Å². The largest absolute Gasteiger partial charge is 0.756 e. The van der Waals surface area contributed by atoms with Crippen LogP contribution in [0.1, 0.15) is 174 Å². The molecule has 280 valence electrons. The highest BCUT2D eigenvalue weighted by Gasteiger charge is 2.23. The van der Waals surface area contributed by atoms with Gasteiger partial charge in [-0.05, 0) is 19.3 Å². The molecule has 47 heavy (non-hydrogen) atoms. The van der Waals surface area contributed by atoms with E-state index < -0.39 is 20.0 Å². The molecule has 9 heteroatoms. The Bertz CT molecular complexity index is 789. The van der Waals surface area contributed by atoms with Gasteiger partial charge in [0.2, 0.25) is 5.91 Å². The minimum absolute atomic E-state index is 0.00155. The van der Waals surface area contributed by atoms with Crippen LogP contribution in [0, 0.1) is 0 Å². The maximum Gasteiger partial charge on any atom is 0.268 e. The number of carbonyl (C=O) groups is 1. The van der Waals surface area contributed by atoms with E-state index in [0.29, 0.717) is 17.4 Å². The van der Waals surface area contributed by atoms with Gasteiger partial charge in [0.15, 0.2) is 0 Å². The van der Waals surface area contributed by atoms with Crippen LogP contribution in [0.5, 0.6) is 0 Å². The lowest BCUT2D eigenvalue weighted by atomic mass is 10.0. The standard InChI is InChI=1S/C38H77N2O6P/c1-6-8-10-12-14-16-17-18-19-20-21-22-24-25-27-29-31-37(41)36(35-46-47(43,44)45-34-33-40(3,4)5)39-38(42)32-30-28-26-23-15-13-11-9-7-2/h29,31,36-37,41H,6-28,30,32-35H2,1-5H3,(H-,39,42,43,44)/b31-29+/t36-,37+/m0/s1. The van der Waals surface area contributed by atoms with Crippen LogP contribution < -0.4 is 10.2 Å². The summed E-state index contributed by atoms with van der Waals surface area (Å²) in [7, 11) is 1.26. The van der Waals surface area contributed by atoms with Gasteiger partial charge in [-0.15, -0.1) is 0 Å². The van der Waals surface area contributed by atoms with Crippen molar-refractivity contribution < 1.29 is 32.9 Å². The minimum atomic E-state index is -4.57. The number of quaternary nitrogens is 1. The Morgan fingerprint density at radius 2 is 1.15 bits per heavy atom. The van der Waals surface area contributed by atoms with Crippen molar-refractivity contribution in [1.29, 1.82) is 0 Å². The van der Waals surface area contributed by atoms with Crippen molar-refractivity contribution in [2.24, 2.45) is 0 Å². The second-order valence-electron chi connectivity index (χ2n) is 14.6. The van der Waals surface area contributed by atoms with Crippen LogP contribution in [0.25, 0.3) is 0 Å². The lowest BCUT2D eigenvalue weighted by Crippen LogP contribution is -2.45. The zero-order chi connectivity index (χ0) is 35.1. The van der Waals surface area contributed by atoms with E-state index in [9.17, 15) is 19.4 Å². The average molecular weight is 689 g/mol. The molecule has 0 rings (SSSR count). The number of allylic oxidation sites excluding steroid dienone is 1. The molecule has 0 bridgehead atoms. The second-order valence-corrected chi connectivity index (χ2v) is 16.1. The zero-order valence-electron chi connectivity index (χ0n) is 31.5. The lowest BCUT2D eigenvalue weighted by molar-refractivity contribution is -0.870. The molecule has 0 aromatic carbocycles. The number of aliphatic hydroxyl groups excluding tert-OH is 1. The molecule has 0 saturated carbocycles. The van der Waals surface area contributed by atoms with E-state index in [4.69, 9.17) is 9.05 Å². The van der Waals surface area contributed by atoms with E-state index in [1.807, 2.05) is 27.2 Å². The predicted octanol–water partition coefficient (Wildman–Crippen LogP) is 9.39. The molecule has 1 unspecified atom stereocenters. The number of hydrogen-bond donors (Lipinski definition) is 2. The number of rotatable bonds is 35. The highest BCUT2D eigenvalue weighted by Crippen LogP contribution is 2.38. The molecule has 0 aliphatic heterocycles. The molecule has 0 aliphatic carbocycles. The third-order valence-electron chi connectivity index (χ3n) is 8.75. The molecule has 0 heterocycles. The lowest BCUT2D eigenvalue weighted by Gasteiger charge is -2.29. The Morgan fingerprint density at radius 3 is 1.60 bits per heavy atom. The molecular weight excluding hydrogens is 611 g/mol. The quantitative estimate of drug-likeness (QED) is 0.0297. The number of nitrogens with one attached hydrogen (secondary N) is 1. The van der Waals surface area contributed by atoms with Gasteiger partial charge in [-0.25, -0.2) is 0 Å². The molecule has 0 saturated heterocycles. The summed E-state index contributed by atoms with van der Waals surface area (Å²) < 4.78 is 23.1. The SMILES string of the molecule is CCCCCCCCCCCCCCCC/C=C/[C@@H](O)[C@H](COP(=O)([O-])OCC[N+](C)(C)C)NC(=O)CCCCCCCCCCC. The molecule has 0 aromatic heterocycles. The fraction of sp³-hybridized carbons (Fsp3) is 0.921. The first-order valence-electron chi connectivity index (χ1n) is 19.6. The molecule has 3 atom stereocenters. The van der Waals surface area contributed by atoms with Crippen molar-refractivity contribution in [3.05, 3.63) is 12.2 Å². The number of aliphatic hydroxyl groups is 1. The first kappa shape index (κ1) is 46.2. The van der Waals surface area contributed by atoms with Crippen molar-refractivity contribution >= 4 is 13.7 Å². The van der Waals surface area contributed by atoms with Gasteiger partial charge in [0.25, 0.3) is 7.82 Å². The van der Waals surface area contributed by atoms with Crippen molar-refractivity contribution in [1.82, 2.24) is 5.32 Å². The van der Waals surface area contributed by atoms with Gasteiger partial charge in [-0.3, -0.25) is 9.36 Å². The van der Waals surface area contributed by atoms with E-state index in [1.165, 1.54) is 116 Å². The van der Waals surface area contributed by atoms with E-state index in [0.717, 1.165) is 38.5 Å². The molecule has 0 aromatic rings. The van der Waals surface area contributed by atoms with E-state index in [-0.39, 0.29) is 19.1 Å². The summed E-state index contributed by atoms with van der Waals surface area (Å²) in [5.74, 6) is -0.201. The molecule has 8 nitrogen and oxygen atoms in total. The average Bonchev–Trinajstić information content (AvgIpc) is 3.01. The van der Waals surface area contributed by atoms with Crippen LogP contribution in [0.2, 0.25) is 0 Å². The minimum Gasteiger partial charge on any atom is -0.756 e. The number of nitrogens with zero attached hydrogens (tertiary/aromatic N) is 1. The molecule has 2 N–H and O–H groups in total. The fourth-order valence-corrected chi connectivity index (χ4v) is 6.29. The Balaban J connectivity index is 4.47. The summed E-state index contributed by atoms with van der Waals surface area (Å²) in [6.07, 6.45) is 32.5. The van der Waals surface area contributed by atoms with Crippen LogP contribution in [0.4, 0.5) is 0 Å². The van der Waals surface area contributed by atoms with Crippen LogP contribution >= 0.6 is 7.82 Å². The summed E-state index contributed by atoms with van der Waals surface area (Å²) in [5.41, 5.74) is 0. The Morgan fingerprint density at radius 1 is 0.723 bits per heavy atom. The van der Waals surface area contributed by atoms with Crippen molar-refractivity contribution in [3.8, 4) is 0 Å². The van der Waals surface area contributed by atoms with Gasteiger partial charge in [0.05, 0.1) is 39.9 Å². The Labute approximate surface area is 291 Å². The van der Waals surface area contributed by atoms with Gasteiger partial charge in [-0.1, -0.05) is 161 Å². The smallest absolute Gasteiger partial charge is 0.268 e. The summed E-state index contributed by atoms with van der Waals surface area (Å²) in [4.78, 5) is 25.1. The highest BCUT2D eigenvalue weighted by atomic mass is 31.2. The molecule has 0 spiro atoms. The molecule has 1 amide bonds. The first-order chi connectivity index (χ1) is 22.5. The third-order valence-corrected chi connectivity index (χ3v) is 9.71. The normalized spacial score (nSPS) is 14.8. The van der Waals surface area contributed by atoms with Crippen LogP contribution in [-0.4, -0.2) is 68.5 Å². The number of unbranched alkanes of at least 4 members (excludes halogenated alkanes) is 22. The number of hydrogen-bond acceptors (Lipinski definition) is 6. The number of phosphoric acid groups is 1. The summed E-state index contributed by atoms with van der Waals surface area (Å²) in [6, 6.07) is -0.877. The molecule has 0 radical (unpaired) electrons. The van der Waals surface area contributed by atoms with Crippen molar-refractivity contribution in [3.63, 3.8) is 0 Å². The van der Waals surface area contributed by atoms with Crippen LogP contribution in [0.3, 0.4) is 0 Å². The Kier molecular flexibility index (Phi) is 30.7. The topological polar surface area (TPSA) is 108 Å². The predicted molar refractivity (Wildman–Crippen MR) is 196 cm³/mol. The van der Waals surface area contributed by atoms with Crippen LogP contribution in [0.15, 0.2) is 12.2 Å². The Hall–Kier alpha value is -0.760. The van der Waals surface area contributed by atoms with Gasteiger partial charge >= 0.3 is 0 Å². The maximum atomic E-state index is 12.7. The maximum absolute atomic E-state index is 12.7. The monoisotopic (exact) mass is 689 g/mol. The number of amides is 1. The van der Waals surface area contributed by atoms with Crippen LogP contribution in [-0.2, 0) is 18.4 Å². The van der Waals surface area contributed by atoms with Crippen molar-refractivity contribution in [2.75, 3.05) is 40.9 Å². The van der Waals surface area contributed by atoms with Crippen molar-refractivity contribution in [2.45, 2.75) is 187 Å². The number of phosphoric ester groups is 1. The molecule has 0 fully saturated rings. The summed E-state index contributed by atoms with van der Waals surface area (Å²) in [6.45, 7) is 4.61. The summed E-state index contributed by atoms with van der Waals surface area (Å²) >= 11 is 0. The second kappa shape index (κ2) is 31.2. The van der Waals surface area contributed by atoms with Gasteiger partial charge in [0.1, 0.15) is 13.2 Å².